The third kappa shape index (κ3) is 2.14. The highest BCUT2D eigenvalue weighted by molar-refractivity contribution is 7.15. The minimum atomic E-state index is -1.04. The Kier molecular flexibility index (Phi) is 2.84. The number of carboxylic acid groups (broad SMARTS) is 1. The van der Waals surface area contributed by atoms with Gasteiger partial charge in [0.2, 0.25) is 0 Å². The summed E-state index contributed by atoms with van der Waals surface area (Å²) in [6, 6.07) is 0. The highest BCUT2D eigenvalue weighted by Crippen LogP contribution is 2.16. The summed E-state index contributed by atoms with van der Waals surface area (Å²) in [7, 11) is 1.44. The van der Waals surface area contributed by atoms with Gasteiger partial charge in [0.25, 0.3) is 5.91 Å². The van der Waals surface area contributed by atoms with Crippen LogP contribution in [0, 0.1) is 6.92 Å². The van der Waals surface area contributed by atoms with Crippen molar-refractivity contribution in [2.45, 2.75) is 6.92 Å². The first-order valence-electron chi connectivity index (χ1n) is 4.89. The molecule has 0 aliphatic heterocycles. The number of carbonyl (C=O) groups excluding carboxylic acids is 1. The first kappa shape index (κ1) is 11.6. The number of fused-ring (bicyclic) bond motifs is 1. The van der Waals surface area contributed by atoms with Gasteiger partial charge >= 0.3 is 5.97 Å². The van der Waals surface area contributed by atoms with E-state index in [1.54, 1.807) is 6.20 Å². The predicted octanol–water partition coefficient (Wildman–Crippen LogP) is 0.861. The van der Waals surface area contributed by atoms with Crippen LogP contribution < -0.4 is 0 Å². The zero-order valence-electron chi connectivity index (χ0n) is 9.38. The van der Waals surface area contributed by atoms with Gasteiger partial charge in [0.1, 0.15) is 12.2 Å². The number of carbonyl (C=O) groups is 2. The van der Waals surface area contributed by atoms with Crippen molar-refractivity contribution in [3.8, 4) is 0 Å². The van der Waals surface area contributed by atoms with Crippen molar-refractivity contribution < 1.29 is 14.7 Å². The molecule has 0 saturated carbocycles. The van der Waals surface area contributed by atoms with Crippen LogP contribution in [0.4, 0.5) is 0 Å². The number of aliphatic carboxylic acids is 1. The molecular formula is C10H11N3O3S. The van der Waals surface area contributed by atoms with E-state index in [0.717, 1.165) is 15.6 Å². The fourth-order valence-corrected chi connectivity index (χ4v) is 2.32. The van der Waals surface area contributed by atoms with E-state index in [4.69, 9.17) is 5.11 Å². The second kappa shape index (κ2) is 4.17. The normalized spacial score (nSPS) is 10.7. The minimum absolute atomic E-state index is 0.267. The van der Waals surface area contributed by atoms with E-state index in [9.17, 15) is 9.59 Å². The zero-order valence-corrected chi connectivity index (χ0v) is 10.2. The lowest BCUT2D eigenvalue weighted by Crippen LogP contribution is -2.32. The van der Waals surface area contributed by atoms with Gasteiger partial charge in [-0.2, -0.15) is 0 Å². The maximum Gasteiger partial charge on any atom is 0.323 e. The second-order valence-electron chi connectivity index (χ2n) is 3.71. The predicted molar refractivity (Wildman–Crippen MR) is 62.4 cm³/mol. The van der Waals surface area contributed by atoms with Crippen molar-refractivity contribution in [2.75, 3.05) is 13.6 Å². The van der Waals surface area contributed by atoms with Gasteiger partial charge in [-0.25, -0.2) is 4.98 Å². The number of amides is 1. The van der Waals surface area contributed by atoms with Gasteiger partial charge in [0, 0.05) is 24.3 Å². The molecule has 0 radical (unpaired) electrons. The minimum Gasteiger partial charge on any atom is -0.480 e. The molecule has 0 spiro atoms. The highest BCUT2D eigenvalue weighted by atomic mass is 32.1. The summed E-state index contributed by atoms with van der Waals surface area (Å²) in [6.45, 7) is 1.59. The molecular weight excluding hydrogens is 242 g/mol. The molecule has 2 aromatic heterocycles. The number of thiazole rings is 1. The largest absolute Gasteiger partial charge is 0.480 e. The molecule has 90 valence electrons. The maximum atomic E-state index is 11.9. The number of aromatic nitrogens is 2. The Hall–Kier alpha value is -1.89. The lowest BCUT2D eigenvalue weighted by atomic mass is 10.4. The van der Waals surface area contributed by atoms with E-state index >= 15 is 0 Å². The van der Waals surface area contributed by atoms with E-state index in [-0.39, 0.29) is 18.1 Å². The molecule has 0 atom stereocenters. The average molecular weight is 253 g/mol. The smallest absolute Gasteiger partial charge is 0.323 e. The number of aryl methyl sites for hydroxylation is 1. The van der Waals surface area contributed by atoms with Crippen molar-refractivity contribution in [1.29, 1.82) is 0 Å². The second-order valence-corrected chi connectivity index (χ2v) is 4.55. The Morgan fingerprint density at radius 2 is 2.29 bits per heavy atom. The van der Waals surface area contributed by atoms with Crippen LogP contribution in [0.5, 0.6) is 0 Å². The Morgan fingerprint density at radius 3 is 2.88 bits per heavy atom. The van der Waals surface area contributed by atoms with E-state index < -0.39 is 5.97 Å². The van der Waals surface area contributed by atoms with Crippen molar-refractivity contribution in [3.05, 3.63) is 23.0 Å². The number of likely N-dealkylation sites (N-methyl/N-ethyl adjacent to an activating group) is 1. The first-order chi connectivity index (χ1) is 7.99. The molecule has 1 amide bonds. The van der Waals surface area contributed by atoms with Crippen LogP contribution >= 0.6 is 11.3 Å². The van der Waals surface area contributed by atoms with Crippen molar-refractivity contribution in [1.82, 2.24) is 14.3 Å². The average Bonchev–Trinajstić information content (AvgIpc) is 2.79. The first-order valence-corrected chi connectivity index (χ1v) is 5.77. The fourth-order valence-electron chi connectivity index (χ4n) is 1.47. The Balaban J connectivity index is 2.27. The molecule has 2 aromatic rings. The van der Waals surface area contributed by atoms with Gasteiger partial charge in [-0.3, -0.25) is 14.0 Å². The summed E-state index contributed by atoms with van der Waals surface area (Å²) in [6.07, 6.45) is 1.63. The molecule has 2 rings (SSSR count). The van der Waals surface area contributed by atoms with Crippen LogP contribution in [-0.4, -0.2) is 44.9 Å². The van der Waals surface area contributed by atoms with Crippen molar-refractivity contribution in [2.24, 2.45) is 0 Å². The SMILES string of the molecule is Cc1csc2nc(C(=O)N(C)CC(=O)O)cn12. The molecule has 0 aliphatic carbocycles. The van der Waals surface area contributed by atoms with E-state index in [2.05, 4.69) is 4.98 Å². The van der Waals surface area contributed by atoms with Gasteiger partial charge < -0.3 is 10.0 Å². The number of rotatable bonds is 3. The lowest BCUT2D eigenvalue weighted by molar-refractivity contribution is -0.137. The van der Waals surface area contributed by atoms with Crippen LogP contribution in [0.15, 0.2) is 11.6 Å². The fraction of sp³-hybridized carbons (Fsp3) is 0.300. The Morgan fingerprint density at radius 1 is 1.59 bits per heavy atom. The summed E-state index contributed by atoms with van der Waals surface area (Å²) >= 11 is 1.44. The van der Waals surface area contributed by atoms with Gasteiger partial charge in [0.15, 0.2) is 4.96 Å². The summed E-state index contributed by atoms with van der Waals surface area (Å²) in [4.78, 5) is 28.4. The number of hydrogen-bond acceptors (Lipinski definition) is 4. The van der Waals surface area contributed by atoms with Gasteiger partial charge in [-0.05, 0) is 6.92 Å². The molecule has 0 bridgehead atoms. The van der Waals surface area contributed by atoms with Crippen LogP contribution in [0.1, 0.15) is 16.2 Å². The molecule has 0 unspecified atom stereocenters. The zero-order chi connectivity index (χ0) is 12.6. The summed E-state index contributed by atoms with van der Waals surface area (Å²) in [5.41, 5.74) is 1.26. The molecule has 0 aromatic carbocycles. The monoisotopic (exact) mass is 253 g/mol. The molecule has 6 nitrogen and oxygen atoms in total. The topological polar surface area (TPSA) is 74.9 Å². The molecule has 17 heavy (non-hydrogen) atoms. The van der Waals surface area contributed by atoms with Crippen molar-refractivity contribution in [3.63, 3.8) is 0 Å². The standard InChI is InChI=1S/C10H11N3O3S/c1-6-5-17-10-11-7(3-13(6)10)9(16)12(2)4-8(14)15/h3,5H,4H2,1-2H3,(H,14,15). The number of hydrogen-bond donors (Lipinski definition) is 1. The molecule has 0 saturated heterocycles. The van der Waals surface area contributed by atoms with Crippen LogP contribution in [0.25, 0.3) is 4.96 Å². The van der Waals surface area contributed by atoms with E-state index in [1.807, 2.05) is 16.7 Å². The third-order valence-electron chi connectivity index (χ3n) is 2.33. The molecule has 7 heteroatoms. The number of imidazole rings is 1. The Bertz CT molecular complexity index is 587. The Labute approximate surface area is 101 Å². The van der Waals surface area contributed by atoms with Gasteiger partial charge in [-0.1, -0.05) is 0 Å². The highest BCUT2D eigenvalue weighted by Gasteiger charge is 2.18. The number of nitrogens with zero attached hydrogens (tertiary/aromatic N) is 3. The van der Waals surface area contributed by atoms with Gasteiger partial charge in [-0.15, -0.1) is 11.3 Å². The van der Waals surface area contributed by atoms with Gasteiger partial charge in [0.05, 0.1) is 0 Å². The summed E-state index contributed by atoms with van der Waals surface area (Å²) in [5, 5.41) is 10.5. The summed E-state index contributed by atoms with van der Waals surface area (Å²) in [5.74, 6) is -1.43. The quantitative estimate of drug-likeness (QED) is 0.880. The molecule has 2 heterocycles. The molecule has 0 aliphatic rings. The lowest BCUT2D eigenvalue weighted by Gasteiger charge is -2.12. The van der Waals surface area contributed by atoms with E-state index in [1.165, 1.54) is 18.4 Å². The summed E-state index contributed by atoms with van der Waals surface area (Å²) < 4.78 is 1.81. The van der Waals surface area contributed by atoms with Crippen LogP contribution in [-0.2, 0) is 4.79 Å². The van der Waals surface area contributed by atoms with Crippen LogP contribution in [0.3, 0.4) is 0 Å². The number of carboxylic acids is 1. The van der Waals surface area contributed by atoms with Crippen LogP contribution in [0.2, 0.25) is 0 Å². The maximum absolute atomic E-state index is 11.9. The van der Waals surface area contributed by atoms with E-state index in [0.29, 0.717) is 0 Å². The third-order valence-corrected chi connectivity index (χ3v) is 3.28. The molecule has 0 fully saturated rings. The molecule has 1 N–H and O–H groups in total. The van der Waals surface area contributed by atoms with Crippen molar-refractivity contribution >= 4 is 28.2 Å².